The Morgan fingerprint density at radius 3 is 2.58 bits per heavy atom. The Labute approximate surface area is 119 Å². The lowest BCUT2D eigenvalue weighted by Crippen LogP contribution is -2.40. The van der Waals surface area contributed by atoms with Gasteiger partial charge >= 0.3 is 0 Å². The summed E-state index contributed by atoms with van der Waals surface area (Å²) in [6.07, 6.45) is 0. The molecule has 0 radical (unpaired) electrons. The molecule has 0 heterocycles. The van der Waals surface area contributed by atoms with Crippen molar-refractivity contribution in [3.8, 4) is 0 Å². The van der Waals surface area contributed by atoms with Gasteiger partial charge in [0.15, 0.2) is 0 Å². The van der Waals surface area contributed by atoms with E-state index >= 15 is 0 Å². The van der Waals surface area contributed by atoms with Crippen molar-refractivity contribution in [3.63, 3.8) is 0 Å². The van der Waals surface area contributed by atoms with Gasteiger partial charge in [0.05, 0.1) is 10.6 Å². The van der Waals surface area contributed by atoms with Crippen molar-refractivity contribution in [1.82, 2.24) is 4.72 Å². The van der Waals surface area contributed by atoms with Gasteiger partial charge in [-0.25, -0.2) is 13.1 Å². The first-order valence-electron chi connectivity index (χ1n) is 5.86. The molecule has 1 aromatic rings. The zero-order valence-corrected chi connectivity index (χ0v) is 12.8. The van der Waals surface area contributed by atoms with Crippen LogP contribution in [0.2, 0.25) is 5.02 Å². The van der Waals surface area contributed by atoms with Crippen LogP contribution in [-0.2, 0) is 14.8 Å². The Hall–Kier alpha value is -0.820. The number of benzene rings is 1. The fourth-order valence-electron chi connectivity index (χ4n) is 1.52. The Bertz CT molecular complexity index is 544. The standard InChI is InChI=1S/C12H19ClN2O3S/c1-4-18-12(2,3)8-15-19(16,17)11-6-5-9(14)7-10(11)13/h5-7,15H,4,8,14H2,1-3H3. The van der Waals surface area contributed by atoms with Crippen LogP contribution in [-0.4, -0.2) is 27.2 Å². The molecule has 0 spiro atoms. The zero-order chi connectivity index (χ0) is 14.7. The van der Waals surface area contributed by atoms with E-state index in [2.05, 4.69) is 4.72 Å². The molecule has 1 rings (SSSR count). The largest absolute Gasteiger partial charge is 0.399 e. The van der Waals surface area contributed by atoms with Gasteiger partial charge in [-0.05, 0) is 39.0 Å². The molecule has 0 saturated carbocycles. The summed E-state index contributed by atoms with van der Waals surface area (Å²) in [5.74, 6) is 0. The topological polar surface area (TPSA) is 81.4 Å². The van der Waals surface area contributed by atoms with E-state index in [-0.39, 0.29) is 16.5 Å². The number of sulfonamides is 1. The quantitative estimate of drug-likeness (QED) is 0.788. The molecule has 7 heteroatoms. The van der Waals surface area contributed by atoms with Gasteiger partial charge in [-0.3, -0.25) is 0 Å². The van der Waals surface area contributed by atoms with Crippen molar-refractivity contribution in [3.05, 3.63) is 23.2 Å². The summed E-state index contributed by atoms with van der Waals surface area (Å²) in [7, 11) is -3.68. The summed E-state index contributed by atoms with van der Waals surface area (Å²) in [6.45, 7) is 6.14. The van der Waals surface area contributed by atoms with Crippen molar-refractivity contribution >= 4 is 27.3 Å². The van der Waals surface area contributed by atoms with Crippen LogP contribution in [0.3, 0.4) is 0 Å². The van der Waals surface area contributed by atoms with Crippen LogP contribution < -0.4 is 10.5 Å². The number of hydrogen-bond donors (Lipinski definition) is 2. The van der Waals surface area contributed by atoms with E-state index in [1.807, 2.05) is 20.8 Å². The fraction of sp³-hybridized carbons (Fsp3) is 0.500. The maximum atomic E-state index is 12.1. The molecule has 5 nitrogen and oxygen atoms in total. The highest BCUT2D eigenvalue weighted by Gasteiger charge is 2.24. The van der Waals surface area contributed by atoms with Crippen LogP contribution in [0.25, 0.3) is 0 Å². The molecule has 0 fully saturated rings. The van der Waals surface area contributed by atoms with Crippen molar-refractivity contribution < 1.29 is 13.2 Å². The molecule has 0 bridgehead atoms. The Morgan fingerprint density at radius 1 is 1.42 bits per heavy atom. The predicted molar refractivity (Wildman–Crippen MR) is 76.8 cm³/mol. The van der Waals surface area contributed by atoms with Crippen LogP contribution in [0, 0.1) is 0 Å². The summed E-state index contributed by atoms with van der Waals surface area (Å²) in [5, 5.41) is 0.0988. The summed E-state index contributed by atoms with van der Waals surface area (Å²) in [5.41, 5.74) is 5.37. The van der Waals surface area contributed by atoms with Gasteiger partial charge in [-0.2, -0.15) is 0 Å². The highest BCUT2D eigenvalue weighted by Crippen LogP contribution is 2.23. The number of anilines is 1. The van der Waals surface area contributed by atoms with E-state index in [4.69, 9.17) is 22.1 Å². The summed E-state index contributed by atoms with van der Waals surface area (Å²) in [4.78, 5) is 0.00988. The molecule has 0 aliphatic rings. The molecular weight excluding hydrogens is 288 g/mol. The van der Waals surface area contributed by atoms with E-state index in [0.717, 1.165) is 0 Å². The highest BCUT2D eigenvalue weighted by atomic mass is 35.5. The molecule has 1 aromatic carbocycles. The number of nitrogens with two attached hydrogens (primary N) is 1. The van der Waals surface area contributed by atoms with E-state index in [1.165, 1.54) is 18.2 Å². The first kappa shape index (κ1) is 16.2. The van der Waals surface area contributed by atoms with Crippen molar-refractivity contribution in [2.75, 3.05) is 18.9 Å². The molecule has 0 saturated heterocycles. The second kappa shape index (κ2) is 6.09. The molecule has 3 N–H and O–H groups in total. The second-order valence-electron chi connectivity index (χ2n) is 4.71. The van der Waals surface area contributed by atoms with Crippen molar-refractivity contribution in [2.45, 2.75) is 31.3 Å². The average Bonchev–Trinajstić information content (AvgIpc) is 2.26. The SMILES string of the molecule is CCOC(C)(C)CNS(=O)(=O)c1ccc(N)cc1Cl. The second-order valence-corrected chi connectivity index (χ2v) is 6.85. The maximum Gasteiger partial charge on any atom is 0.242 e. The molecule has 19 heavy (non-hydrogen) atoms. The molecular formula is C12H19ClN2O3S. The number of nitrogens with one attached hydrogen (secondary N) is 1. The third-order valence-electron chi connectivity index (χ3n) is 2.47. The minimum absolute atomic E-state index is 0.00988. The van der Waals surface area contributed by atoms with Gasteiger partial charge in [-0.15, -0.1) is 0 Å². The van der Waals surface area contributed by atoms with E-state index < -0.39 is 15.6 Å². The van der Waals surface area contributed by atoms with Gasteiger partial charge in [0.2, 0.25) is 10.0 Å². The molecule has 0 aliphatic heterocycles. The summed E-state index contributed by atoms with van der Waals surface area (Å²) in [6, 6.07) is 4.28. The Balaban J connectivity index is 2.87. The molecule has 0 aromatic heterocycles. The number of nitrogen functional groups attached to an aromatic ring is 1. The van der Waals surface area contributed by atoms with Gasteiger partial charge < -0.3 is 10.5 Å². The lowest BCUT2D eigenvalue weighted by atomic mass is 10.1. The predicted octanol–water partition coefficient (Wildman–Crippen LogP) is 2.02. The first-order chi connectivity index (χ1) is 8.68. The molecule has 0 atom stereocenters. The van der Waals surface area contributed by atoms with Gasteiger partial charge in [0, 0.05) is 18.8 Å². The smallest absolute Gasteiger partial charge is 0.242 e. The average molecular weight is 307 g/mol. The fourth-order valence-corrected chi connectivity index (χ4v) is 3.27. The van der Waals surface area contributed by atoms with Gasteiger partial charge in [-0.1, -0.05) is 11.6 Å². The van der Waals surface area contributed by atoms with E-state index in [9.17, 15) is 8.42 Å². The van der Waals surface area contributed by atoms with Crippen LogP contribution in [0.15, 0.2) is 23.1 Å². The summed E-state index contributed by atoms with van der Waals surface area (Å²) < 4.78 is 32.2. The third kappa shape index (κ3) is 4.65. The monoisotopic (exact) mass is 306 g/mol. The lowest BCUT2D eigenvalue weighted by Gasteiger charge is -2.24. The minimum atomic E-state index is -3.68. The van der Waals surface area contributed by atoms with Crippen LogP contribution in [0.1, 0.15) is 20.8 Å². The Kier molecular flexibility index (Phi) is 5.20. The minimum Gasteiger partial charge on any atom is -0.399 e. The number of ether oxygens (including phenoxy) is 1. The molecule has 108 valence electrons. The van der Waals surface area contributed by atoms with Crippen LogP contribution >= 0.6 is 11.6 Å². The normalized spacial score (nSPS) is 12.6. The van der Waals surface area contributed by atoms with Crippen molar-refractivity contribution in [1.29, 1.82) is 0 Å². The van der Waals surface area contributed by atoms with Crippen LogP contribution in [0.4, 0.5) is 5.69 Å². The lowest BCUT2D eigenvalue weighted by molar-refractivity contribution is -0.00515. The number of hydrogen-bond acceptors (Lipinski definition) is 4. The molecule has 0 unspecified atom stereocenters. The summed E-state index contributed by atoms with van der Waals surface area (Å²) >= 11 is 5.89. The van der Waals surface area contributed by atoms with Gasteiger partial charge in [0.1, 0.15) is 4.90 Å². The molecule has 0 amide bonds. The van der Waals surface area contributed by atoms with E-state index in [1.54, 1.807) is 0 Å². The van der Waals surface area contributed by atoms with Crippen LogP contribution in [0.5, 0.6) is 0 Å². The highest BCUT2D eigenvalue weighted by molar-refractivity contribution is 7.89. The van der Waals surface area contributed by atoms with Gasteiger partial charge in [0.25, 0.3) is 0 Å². The van der Waals surface area contributed by atoms with E-state index in [0.29, 0.717) is 12.3 Å². The number of halogens is 1. The first-order valence-corrected chi connectivity index (χ1v) is 7.73. The maximum absolute atomic E-state index is 12.1. The zero-order valence-electron chi connectivity index (χ0n) is 11.2. The molecule has 0 aliphatic carbocycles. The van der Waals surface area contributed by atoms with Crippen molar-refractivity contribution in [2.24, 2.45) is 0 Å². The third-order valence-corrected chi connectivity index (χ3v) is 4.35. The number of rotatable bonds is 6. The Morgan fingerprint density at radius 2 is 2.05 bits per heavy atom.